The standard InChI is InChI=1S/C15H21N3O4/c1-10-5-4-8-17(14(10)9-19)15(20)16-12-6-3-7-13(11(12)2)18(21)22/h3,6-7,10,14,19H,4-5,8-9H2,1-2H3,(H,16,20). The number of carbonyl (C=O) groups excluding carboxylic acids is 1. The summed E-state index contributed by atoms with van der Waals surface area (Å²) in [5.41, 5.74) is 0.823. The highest BCUT2D eigenvalue weighted by molar-refractivity contribution is 5.91. The molecule has 1 aliphatic heterocycles. The largest absolute Gasteiger partial charge is 0.394 e. The van der Waals surface area contributed by atoms with Crippen molar-refractivity contribution < 1.29 is 14.8 Å². The number of piperidine rings is 1. The van der Waals surface area contributed by atoms with Crippen molar-refractivity contribution in [3.8, 4) is 0 Å². The average molecular weight is 307 g/mol. The van der Waals surface area contributed by atoms with Crippen molar-refractivity contribution in [3.63, 3.8) is 0 Å². The van der Waals surface area contributed by atoms with Gasteiger partial charge in [-0.25, -0.2) is 4.79 Å². The van der Waals surface area contributed by atoms with E-state index in [0.29, 0.717) is 17.8 Å². The number of carbonyl (C=O) groups is 1. The quantitative estimate of drug-likeness (QED) is 0.662. The van der Waals surface area contributed by atoms with Crippen LogP contribution in [0.4, 0.5) is 16.2 Å². The lowest BCUT2D eigenvalue weighted by Gasteiger charge is -2.38. The van der Waals surface area contributed by atoms with Crippen LogP contribution in [-0.4, -0.2) is 40.2 Å². The molecule has 7 heteroatoms. The van der Waals surface area contributed by atoms with Crippen LogP contribution in [0.5, 0.6) is 0 Å². The molecule has 0 spiro atoms. The van der Waals surface area contributed by atoms with Gasteiger partial charge < -0.3 is 15.3 Å². The predicted octanol–water partition coefficient (Wildman–Crippen LogP) is 2.53. The summed E-state index contributed by atoms with van der Waals surface area (Å²) < 4.78 is 0. The van der Waals surface area contributed by atoms with E-state index in [0.717, 1.165) is 12.8 Å². The molecule has 1 fully saturated rings. The molecule has 0 aliphatic carbocycles. The summed E-state index contributed by atoms with van der Waals surface area (Å²) in [6, 6.07) is 4.05. The second-order valence-electron chi connectivity index (χ2n) is 5.70. The zero-order valence-electron chi connectivity index (χ0n) is 12.8. The Morgan fingerprint density at radius 3 is 2.91 bits per heavy atom. The minimum Gasteiger partial charge on any atom is -0.394 e. The van der Waals surface area contributed by atoms with Gasteiger partial charge in [0.2, 0.25) is 0 Å². The summed E-state index contributed by atoms with van der Waals surface area (Å²) in [6.07, 6.45) is 1.86. The van der Waals surface area contributed by atoms with Gasteiger partial charge in [0.05, 0.1) is 28.8 Å². The number of anilines is 1. The third kappa shape index (κ3) is 3.19. The Labute approximate surface area is 129 Å². The molecule has 1 aliphatic rings. The van der Waals surface area contributed by atoms with Gasteiger partial charge in [0.1, 0.15) is 0 Å². The van der Waals surface area contributed by atoms with Crippen LogP contribution < -0.4 is 5.32 Å². The monoisotopic (exact) mass is 307 g/mol. The molecule has 1 heterocycles. The molecule has 0 bridgehead atoms. The van der Waals surface area contributed by atoms with Crippen LogP contribution >= 0.6 is 0 Å². The van der Waals surface area contributed by atoms with E-state index in [1.165, 1.54) is 6.07 Å². The smallest absolute Gasteiger partial charge is 0.322 e. The Morgan fingerprint density at radius 2 is 2.27 bits per heavy atom. The maximum Gasteiger partial charge on any atom is 0.322 e. The van der Waals surface area contributed by atoms with Gasteiger partial charge in [0.15, 0.2) is 0 Å². The van der Waals surface area contributed by atoms with Gasteiger partial charge in [-0.1, -0.05) is 13.0 Å². The zero-order valence-corrected chi connectivity index (χ0v) is 12.8. The molecule has 1 aromatic rings. The number of nitro benzene ring substituents is 1. The first-order valence-corrected chi connectivity index (χ1v) is 7.38. The molecule has 120 valence electrons. The van der Waals surface area contributed by atoms with Gasteiger partial charge in [0.25, 0.3) is 5.69 Å². The summed E-state index contributed by atoms with van der Waals surface area (Å²) in [7, 11) is 0. The van der Waals surface area contributed by atoms with E-state index in [2.05, 4.69) is 5.32 Å². The summed E-state index contributed by atoms with van der Waals surface area (Å²) in [4.78, 5) is 24.6. The fourth-order valence-corrected chi connectivity index (χ4v) is 2.92. The second-order valence-corrected chi connectivity index (χ2v) is 5.70. The normalized spacial score (nSPS) is 21.5. The number of aliphatic hydroxyl groups is 1. The number of hydrogen-bond acceptors (Lipinski definition) is 4. The van der Waals surface area contributed by atoms with Crippen LogP contribution in [0.2, 0.25) is 0 Å². The van der Waals surface area contributed by atoms with Crippen molar-refractivity contribution in [3.05, 3.63) is 33.9 Å². The number of nitro groups is 1. The summed E-state index contributed by atoms with van der Waals surface area (Å²) >= 11 is 0. The van der Waals surface area contributed by atoms with E-state index in [1.54, 1.807) is 24.0 Å². The third-order valence-electron chi connectivity index (χ3n) is 4.31. The van der Waals surface area contributed by atoms with E-state index in [-0.39, 0.29) is 30.3 Å². The predicted molar refractivity (Wildman–Crippen MR) is 82.8 cm³/mol. The van der Waals surface area contributed by atoms with Crippen LogP contribution in [0, 0.1) is 23.0 Å². The van der Waals surface area contributed by atoms with Crippen molar-refractivity contribution in [1.82, 2.24) is 4.90 Å². The number of amides is 2. The number of nitrogens with one attached hydrogen (secondary N) is 1. The molecular weight excluding hydrogens is 286 g/mol. The van der Waals surface area contributed by atoms with Gasteiger partial charge in [-0.2, -0.15) is 0 Å². The van der Waals surface area contributed by atoms with Crippen LogP contribution in [0.3, 0.4) is 0 Å². The van der Waals surface area contributed by atoms with E-state index in [1.807, 2.05) is 6.92 Å². The Morgan fingerprint density at radius 1 is 1.55 bits per heavy atom. The Kier molecular flexibility index (Phi) is 4.97. The first-order chi connectivity index (χ1) is 10.5. The van der Waals surface area contributed by atoms with Gasteiger partial charge >= 0.3 is 6.03 Å². The number of hydrogen-bond donors (Lipinski definition) is 2. The lowest BCUT2D eigenvalue weighted by atomic mass is 9.91. The van der Waals surface area contributed by atoms with Crippen LogP contribution in [0.1, 0.15) is 25.3 Å². The van der Waals surface area contributed by atoms with Gasteiger partial charge in [-0.05, 0) is 31.7 Å². The highest BCUT2D eigenvalue weighted by Gasteiger charge is 2.31. The minimum absolute atomic E-state index is 0.0245. The lowest BCUT2D eigenvalue weighted by Crippen LogP contribution is -2.51. The number of nitrogens with zero attached hydrogens (tertiary/aromatic N) is 2. The summed E-state index contributed by atoms with van der Waals surface area (Å²) in [5, 5.41) is 23.2. The molecule has 0 saturated carbocycles. The second kappa shape index (κ2) is 6.74. The molecule has 2 atom stereocenters. The van der Waals surface area contributed by atoms with E-state index in [9.17, 15) is 20.0 Å². The molecule has 2 rings (SSSR count). The van der Waals surface area contributed by atoms with Crippen molar-refractivity contribution in [2.75, 3.05) is 18.5 Å². The maximum absolute atomic E-state index is 12.4. The third-order valence-corrected chi connectivity index (χ3v) is 4.31. The maximum atomic E-state index is 12.4. The fraction of sp³-hybridized carbons (Fsp3) is 0.533. The molecule has 0 radical (unpaired) electrons. The fourth-order valence-electron chi connectivity index (χ4n) is 2.92. The Hall–Kier alpha value is -2.15. The molecular formula is C15H21N3O4. The van der Waals surface area contributed by atoms with Gasteiger partial charge in [0, 0.05) is 12.6 Å². The molecule has 1 saturated heterocycles. The highest BCUT2D eigenvalue weighted by Crippen LogP contribution is 2.27. The SMILES string of the molecule is Cc1c(NC(=O)N2CCCC(C)C2CO)cccc1[N+](=O)[O-]. The average Bonchev–Trinajstić information content (AvgIpc) is 2.48. The number of likely N-dealkylation sites (tertiary alicyclic amines) is 1. The zero-order chi connectivity index (χ0) is 16.3. The number of aliphatic hydroxyl groups excluding tert-OH is 1. The molecule has 2 N–H and O–H groups in total. The topological polar surface area (TPSA) is 95.7 Å². The van der Waals surface area contributed by atoms with E-state index >= 15 is 0 Å². The van der Waals surface area contributed by atoms with Crippen molar-refractivity contribution in [1.29, 1.82) is 0 Å². The minimum atomic E-state index is -0.468. The Bertz CT molecular complexity index is 576. The van der Waals surface area contributed by atoms with Crippen LogP contribution in [0.25, 0.3) is 0 Å². The molecule has 2 unspecified atom stereocenters. The van der Waals surface area contributed by atoms with Crippen molar-refractivity contribution >= 4 is 17.4 Å². The van der Waals surface area contributed by atoms with Crippen LogP contribution in [-0.2, 0) is 0 Å². The summed E-state index contributed by atoms with van der Waals surface area (Å²) in [5.74, 6) is 0.232. The van der Waals surface area contributed by atoms with Crippen LogP contribution in [0.15, 0.2) is 18.2 Å². The van der Waals surface area contributed by atoms with E-state index < -0.39 is 4.92 Å². The molecule has 1 aromatic carbocycles. The highest BCUT2D eigenvalue weighted by atomic mass is 16.6. The van der Waals surface area contributed by atoms with Gasteiger partial charge in [-0.3, -0.25) is 10.1 Å². The molecule has 0 aromatic heterocycles. The van der Waals surface area contributed by atoms with Crippen molar-refractivity contribution in [2.24, 2.45) is 5.92 Å². The van der Waals surface area contributed by atoms with E-state index in [4.69, 9.17) is 0 Å². The summed E-state index contributed by atoms with van der Waals surface area (Å²) in [6.45, 7) is 4.12. The first kappa shape index (κ1) is 16.2. The molecule has 2 amide bonds. The number of urea groups is 1. The Balaban J connectivity index is 2.18. The number of benzene rings is 1. The molecule has 22 heavy (non-hydrogen) atoms. The van der Waals surface area contributed by atoms with Gasteiger partial charge in [-0.15, -0.1) is 0 Å². The first-order valence-electron chi connectivity index (χ1n) is 7.38. The lowest BCUT2D eigenvalue weighted by molar-refractivity contribution is -0.385. The number of rotatable bonds is 3. The molecule has 7 nitrogen and oxygen atoms in total. The van der Waals surface area contributed by atoms with Crippen molar-refractivity contribution in [2.45, 2.75) is 32.7 Å².